The van der Waals surface area contributed by atoms with Gasteiger partial charge in [0.2, 0.25) is 0 Å². The molecule has 1 aliphatic heterocycles. The number of hydrogen-bond donors (Lipinski definition) is 3. The molecule has 1 fully saturated rings. The lowest BCUT2D eigenvalue weighted by Gasteiger charge is -2.18. The minimum absolute atomic E-state index is 0.0205. The Morgan fingerprint density at radius 1 is 1.22 bits per heavy atom. The van der Waals surface area contributed by atoms with E-state index in [0.29, 0.717) is 29.4 Å². The summed E-state index contributed by atoms with van der Waals surface area (Å²) in [5.41, 5.74) is 0.853. The van der Waals surface area contributed by atoms with Gasteiger partial charge in [0.25, 0.3) is 5.91 Å². The van der Waals surface area contributed by atoms with Crippen LogP contribution in [-0.4, -0.2) is 67.1 Å². The molecule has 2 aromatic rings. The second-order valence-corrected chi connectivity index (χ2v) is 8.10. The third-order valence-corrected chi connectivity index (χ3v) is 5.90. The first-order valence-electron chi connectivity index (χ1n) is 11.0. The number of benzene rings is 1. The molecule has 3 rings (SSSR count). The quantitative estimate of drug-likeness (QED) is 0.537. The fraction of sp³-hybridized carbons (Fsp3) is 0.435. The largest absolute Gasteiger partial charge is 0.354 e. The van der Waals surface area contributed by atoms with Gasteiger partial charge in [0.15, 0.2) is 0 Å². The van der Waals surface area contributed by atoms with Crippen LogP contribution in [0.15, 0.2) is 42.6 Å². The van der Waals surface area contributed by atoms with E-state index in [4.69, 9.17) is 11.6 Å². The third kappa shape index (κ3) is 6.58. The molecular formula is C23H31ClN6O2. The summed E-state index contributed by atoms with van der Waals surface area (Å²) in [5.74, 6) is 0.652. The maximum absolute atomic E-state index is 12.6. The lowest BCUT2D eigenvalue weighted by molar-refractivity contribution is 0.0949. The lowest BCUT2D eigenvalue weighted by atomic mass is 10.2. The van der Waals surface area contributed by atoms with E-state index in [9.17, 15) is 9.59 Å². The predicted molar refractivity (Wildman–Crippen MR) is 129 cm³/mol. The Morgan fingerprint density at radius 2 is 2.03 bits per heavy atom. The van der Waals surface area contributed by atoms with Crippen molar-refractivity contribution in [3.05, 3.63) is 53.2 Å². The summed E-state index contributed by atoms with van der Waals surface area (Å²) in [7, 11) is 0. The van der Waals surface area contributed by atoms with E-state index < -0.39 is 0 Å². The van der Waals surface area contributed by atoms with Crippen molar-refractivity contribution in [1.82, 2.24) is 20.5 Å². The van der Waals surface area contributed by atoms with Crippen molar-refractivity contribution in [2.24, 2.45) is 0 Å². The number of halogens is 1. The van der Waals surface area contributed by atoms with Crippen molar-refractivity contribution in [3.8, 4) is 0 Å². The third-order valence-electron chi connectivity index (χ3n) is 5.57. The highest BCUT2D eigenvalue weighted by molar-refractivity contribution is 6.34. The molecule has 172 valence electrons. The first-order valence-corrected chi connectivity index (χ1v) is 11.4. The summed E-state index contributed by atoms with van der Waals surface area (Å²) in [5, 5.41) is 9.04. The van der Waals surface area contributed by atoms with Crippen molar-refractivity contribution in [2.45, 2.75) is 26.3 Å². The van der Waals surface area contributed by atoms with Crippen LogP contribution in [0.5, 0.6) is 0 Å². The van der Waals surface area contributed by atoms with Crippen molar-refractivity contribution < 1.29 is 9.59 Å². The first kappa shape index (κ1) is 23.8. The highest BCUT2D eigenvalue weighted by Crippen LogP contribution is 2.21. The number of carbonyl (C=O) groups is 2. The van der Waals surface area contributed by atoms with Crippen LogP contribution in [0.1, 0.15) is 30.6 Å². The van der Waals surface area contributed by atoms with Crippen molar-refractivity contribution in [3.63, 3.8) is 0 Å². The molecule has 3 amide bonds. The van der Waals surface area contributed by atoms with Crippen molar-refractivity contribution in [2.75, 3.05) is 49.5 Å². The molecule has 0 spiro atoms. The lowest BCUT2D eigenvalue weighted by Crippen LogP contribution is -2.39. The van der Waals surface area contributed by atoms with Crippen LogP contribution in [0.2, 0.25) is 5.02 Å². The second-order valence-electron chi connectivity index (χ2n) is 7.70. The number of nitrogens with one attached hydrogen (secondary N) is 3. The number of rotatable bonds is 9. The minimum atomic E-state index is -0.312. The number of anilines is 2. The van der Waals surface area contributed by atoms with Gasteiger partial charge >= 0.3 is 6.03 Å². The maximum atomic E-state index is 12.6. The zero-order valence-electron chi connectivity index (χ0n) is 18.6. The second kappa shape index (κ2) is 11.7. The number of urea groups is 1. The predicted octanol–water partition coefficient (Wildman–Crippen LogP) is 3.21. The van der Waals surface area contributed by atoms with E-state index in [1.807, 2.05) is 18.2 Å². The molecule has 2 heterocycles. The van der Waals surface area contributed by atoms with E-state index in [1.165, 1.54) is 0 Å². The molecule has 1 unspecified atom stereocenters. The van der Waals surface area contributed by atoms with Crippen LogP contribution in [0, 0.1) is 0 Å². The summed E-state index contributed by atoms with van der Waals surface area (Å²) in [4.78, 5) is 33.8. The molecule has 1 saturated heterocycles. The molecule has 1 aromatic heterocycles. The van der Waals surface area contributed by atoms with Gasteiger partial charge in [0, 0.05) is 44.1 Å². The van der Waals surface area contributed by atoms with E-state index >= 15 is 0 Å². The monoisotopic (exact) mass is 458 g/mol. The Hall–Kier alpha value is -2.84. The average Bonchev–Trinajstić information content (AvgIpc) is 3.26. The highest BCUT2D eigenvalue weighted by atomic mass is 35.5. The Bertz CT molecular complexity index is 907. The number of nitrogens with zero attached hydrogens (tertiary/aromatic N) is 3. The number of likely N-dealkylation sites (N-methyl/N-ethyl adjacent to an activating group) is 1. The number of pyridine rings is 1. The van der Waals surface area contributed by atoms with E-state index in [0.717, 1.165) is 38.4 Å². The fourth-order valence-electron chi connectivity index (χ4n) is 3.72. The van der Waals surface area contributed by atoms with Gasteiger partial charge in [-0.05, 0) is 49.8 Å². The van der Waals surface area contributed by atoms with Crippen molar-refractivity contribution >= 4 is 35.0 Å². The Labute approximate surface area is 194 Å². The molecule has 0 aliphatic carbocycles. The summed E-state index contributed by atoms with van der Waals surface area (Å²) in [6, 6.07) is 10.4. The van der Waals surface area contributed by atoms with Crippen molar-refractivity contribution in [1.29, 1.82) is 0 Å². The van der Waals surface area contributed by atoms with Crippen LogP contribution >= 0.6 is 11.6 Å². The van der Waals surface area contributed by atoms with Gasteiger partial charge in [-0.3, -0.25) is 4.79 Å². The fourth-order valence-corrected chi connectivity index (χ4v) is 3.92. The van der Waals surface area contributed by atoms with Gasteiger partial charge in [0.1, 0.15) is 5.82 Å². The normalized spacial score (nSPS) is 15.6. The summed E-state index contributed by atoms with van der Waals surface area (Å²) >= 11 is 6.22. The molecule has 32 heavy (non-hydrogen) atoms. The number of amides is 3. The molecule has 0 saturated carbocycles. The van der Waals surface area contributed by atoms with E-state index in [1.54, 1.807) is 24.4 Å². The topological polar surface area (TPSA) is 89.6 Å². The summed E-state index contributed by atoms with van der Waals surface area (Å²) in [6.07, 6.45) is 2.60. The van der Waals surface area contributed by atoms with Crippen LogP contribution in [0.25, 0.3) is 0 Å². The molecule has 8 nitrogen and oxygen atoms in total. The smallest absolute Gasteiger partial charge is 0.319 e. The van der Waals surface area contributed by atoms with Gasteiger partial charge in [-0.15, -0.1) is 0 Å². The van der Waals surface area contributed by atoms with Crippen LogP contribution in [-0.2, 0) is 0 Å². The van der Waals surface area contributed by atoms with Gasteiger partial charge in [-0.25, -0.2) is 9.78 Å². The SMILES string of the molecule is CCN(CC)CCNC(=O)c1cc(NC(=O)NC2CCN(c3ccccn3)C2)ccc1Cl. The minimum Gasteiger partial charge on any atom is -0.354 e. The molecular weight excluding hydrogens is 428 g/mol. The Balaban J connectivity index is 1.51. The zero-order valence-corrected chi connectivity index (χ0v) is 19.4. The zero-order chi connectivity index (χ0) is 22.9. The van der Waals surface area contributed by atoms with Gasteiger partial charge in [0.05, 0.1) is 10.6 Å². The standard InChI is InChI=1S/C23H31ClN6O2/c1-3-29(4-2)14-12-26-22(31)19-15-17(8-9-20(19)24)27-23(32)28-18-10-13-30(16-18)21-7-5-6-11-25-21/h5-9,11,15,18H,3-4,10,12-14,16H2,1-2H3,(H,26,31)(H2,27,28,32). The summed E-state index contributed by atoms with van der Waals surface area (Å²) in [6.45, 7) is 8.88. The molecule has 3 N–H and O–H groups in total. The maximum Gasteiger partial charge on any atom is 0.319 e. The molecule has 0 radical (unpaired) electrons. The number of hydrogen-bond acceptors (Lipinski definition) is 5. The number of aromatic nitrogens is 1. The first-order chi connectivity index (χ1) is 15.5. The molecule has 0 bridgehead atoms. The van der Waals surface area contributed by atoms with Crippen LogP contribution < -0.4 is 20.9 Å². The van der Waals surface area contributed by atoms with Crippen LogP contribution in [0.4, 0.5) is 16.3 Å². The molecule has 1 atom stereocenters. The Kier molecular flexibility index (Phi) is 8.70. The van der Waals surface area contributed by atoms with Gasteiger partial charge in [-0.1, -0.05) is 31.5 Å². The molecule has 9 heteroatoms. The highest BCUT2D eigenvalue weighted by Gasteiger charge is 2.24. The number of carbonyl (C=O) groups excluding carboxylic acids is 2. The van der Waals surface area contributed by atoms with Gasteiger partial charge in [-0.2, -0.15) is 0 Å². The van der Waals surface area contributed by atoms with E-state index in [-0.39, 0.29) is 18.0 Å². The van der Waals surface area contributed by atoms with E-state index in [2.05, 4.69) is 44.6 Å². The van der Waals surface area contributed by atoms with Gasteiger partial charge < -0.3 is 25.8 Å². The Morgan fingerprint density at radius 3 is 2.75 bits per heavy atom. The van der Waals surface area contributed by atoms with Crippen LogP contribution in [0.3, 0.4) is 0 Å². The molecule has 1 aliphatic rings. The average molecular weight is 459 g/mol. The summed E-state index contributed by atoms with van der Waals surface area (Å²) < 4.78 is 0. The molecule has 1 aromatic carbocycles.